The number of piperidine rings is 1. The van der Waals surface area contributed by atoms with Crippen LogP contribution in [0.25, 0.3) is 11.3 Å². The molecule has 134 valence electrons. The fraction of sp³-hybridized carbons (Fsp3) is 0.450. The number of carbonyl (C=O) groups excluding carboxylic acids is 1. The molecule has 0 aliphatic carbocycles. The van der Waals surface area contributed by atoms with Crippen molar-refractivity contribution < 1.29 is 9.21 Å². The number of hydrogen-bond donors (Lipinski definition) is 1. The van der Waals surface area contributed by atoms with Crippen molar-refractivity contribution in [2.75, 3.05) is 37.0 Å². The summed E-state index contributed by atoms with van der Waals surface area (Å²) in [6, 6.07) is 11.6. The van der Waals surface area contributed by atoms with Gasteiger partial charge in [0.15, 0.2) is 0 Å². The summed E-state index contributed by atoms with van der Waals surface area (Å²) in [6.07, 6.45) is 7.09. The molecule has 1 amide bonds. The molecule has 0 unspecified atom stereocenters. The van der Waals surface area contributed by atoms with Gasteiger partial charge in [0.25, 0.3) is 0 Å². The maximum Gasteiger partial charge on any atom is 0.228 e. The van der Waals surface area contributed by atoms with Crippen LogP contribution in [0.15, 0.2) is 47.1 Å². The van der Waals surface area contributed by atoms with Crippen LogP contribution in [0, 0.1) is 5.92 Å². The Morgan fingerprint density at radius 3 is 2.88 bits per heavy atom. The second-order valence-corrected chi connectivity index (χ2v) is 7.52. The first-order valence-electron chi connectivity index (χ1n) is 8.92. The normalized spacial score (nSPS) is 18.2. The molecule has 0 saturated carbocycles. The van der Waals surface area contributed by atoms with E-state index in [-0.39, 0.29) is 11.8 Å². The Labute approximate surface area is 154 Å². The standard InChI is InChI=1S/C20H26N2O2S/c1-25-14-4-12-22-11-2-5-17(15-22)20(23)21-18-9-7-16(8-10-18)19-6-3-13-24-19/h3,6-10,13,17H,2,4-5,11-12,14-15H2,1H3,(H,21,23)/t17-/m1/s1. The fourth-order valence-electron chi connectivity index (χ4n) is 3.31. The monoisotopic (exact) mass is 358 g/mol. The molecule has 0 bridgehead atoms. The number of benzene rings is 1. The summed E-state index contributed by atoms with van der Waals surface area (Å²) in [5.74, 6) is 2.26. The molecule has 0 radical (unpaired) electrons. The zero-order chi connectivity index (χ0) is 17.5. The minimum absolute atomic E-state index is 0.0905. The number of amides is 1. The second kappa shape index (κ2) is 9.11. The minimum atomic E-state index is 0.0905. The highest BCUT2D eigenvalue weighted by Gasteiger charge is 2.25. The van der Waals surface area contributed by atoms with Crippen LogP contribution >= 0.6 is 11.8 Å². The molecule has 3 rings (SSSR count). The first-order chi connectivity index (χ1) is 12.3. The lowest BCUT2D eigenvalue weighted by Crippen LogP contribution is -2.41. The van der Waals surface area contributed by atoms with Gasteiger partial charge < -0.3 is 14.6 Å². The Morgan fingerprint density at radius 1 is 1.32 bits per heavy atom. The van der Waals surface area contributed by atoms with Crippen molar-refractivity contribution in [3.8, 4) is 11.3 Å². The summed E-state index contributed by atoms with van der Waals surface area (Å²) in [5.41, 5.74) is 1.86. The summed E-state index contributed by atoms with van der Waals surface area (Å²) >= 11 is 1.89. The van der Waals surface area contributed by atoms with Gasteiger partial charge in [0.2, 0.25) is 5.91 Å². The smallest absolute Gasteiger partial charge is 0.228 e. The molecule has 4 nitrogen and oxygen atoms in total. The van der Waals surface area contributed by atoms with E-state index in [4.69, 9.17) is 4.42 Å². The van der Waals surface area contributed by atoms with Crippen molar-refractivity contribution in [2.45, 2.75) is 19.3 Å². The Balaban J connectivity index is 1.52. The van der Waals surface area contributed by atoms with Gasteiger partial charge in [-0.2, -0.15) is 11.8 Å². The second-order valence-electron chi connectivity index (χ2n) is 6.53. The van der Waals surface area contributed by atoms with Crippen molar-refractivity contribution in [3.63, 3.8) is 0 Å². The van der Waals surface area contributed by atoms with Crippen molar-refractivity contribution in [2.24, 2.45) is 5.92 Å². The third-order valence-corrected chi connectivity index (χ3v) is 5.35. The molecule has 1 saturated heterocycles. The predicted molar refractivity (Wildman–Crippen MR) is 105 cm³/mol. The lowest BCUT2D eigenvalue weighted by atomic mass is 9.97. The van der Waals surface area contributed by atoms with Crippen LogP contribution in [-0.2, 0) is 4.79 Å². The van der Waals surface area contributed by atoms with Gasteiger partial charge in [-0.3, -0.25) is 4.79 Å². The van der Waals surface area contributed by atoms with Crippen LogP contribution in [0.1, 0.15) is 19.3 Å². The zero-order valence-electron chi connectivity index (χ0n) is 14.7. The first kappa shape index (κ1) is 18.1. The van der Waals surface area contributed by atoms with Gasteiger partial charge in [-0.1, -0.05) is 0 Å². The average Bonchev–Trinajstić information content (AvgIpc) is 3.17. The molecule has 2 aromatic rings. The van der Waals surface area contributed by atoms with E-state index in [0.717, 1.165) is 49.5 Å². The molecule has 1 aromatic carbocycles. The third-order valence-electron chi connectivity index (χ3n) is 4.66. The molecular weight excluding hydrogens is 332 g/mol. The molecule has 1 N–H and O–H groups in total. The minimum Gasteiger partial charge on any atom is -0.464 e. The SMILES string of the molecule is CSCCCN1CCC[C@@H](C(=O)Nc2ccc(-c3ccco3)cc2)C1. The van der Waals surface area contributed by atoms with E-state index in [9.17, 15) is 4.79 Å². The lowest BCUT2D eigenvalue weighted by Gasteiger charge is -2.31. The van der Waals surface area contributed by atoms with Crippen LogP contribution in [0.2, 0.25) is 0 Å². The van der Waals surface area contributed by atoms with Crippen molar-refractivity contribution in [3.05, 3.63) is 42.7 Å². The molecule has 0 spiro atoms. The Morgan fingerprint density at radius 2 is 2.16 bits per heavy atom. The number of anilines is 1. The summed E-state index contributed by atoms with van der Waals surface area (Å²) in [5, 5.41) is 3.07. The van der Waals surface area contributed by atoms with Gasteiger partial charge in [-0.25, -0.2) is 0 Å². The van der Waals surface area contributed by atoms with E-state index in [1.54, 1.807) is 6.26 Å². The predicted octanol–water partition coefficient (Wildman–Crippen LogP) is 4.35. The van der Waals surface area contributed by atoms with E-state index in [2.05, 4.69) is 16.5 Å². The van der Waals surface area contributed by atoms with Crippen molar-refractivity contribution in [1.82, 2.24) is 4.90 Å². The largest absolute Gasteiger partial charge is 0.464 e. The number of hydrogen-bond acceptors (Lipinski definition) is 4. The molecule has 1 aliphatic heterocycles. The molecule has 2 heterocycles. The Hall–Kier alpha value is -1.72. The van der Waals surface area contributed by atoms with E-state index >= 15 is 0 Å². The number of thioether (sulfide) groups is 1. The van der Waals surface area contributed by atoms with E-state index in [0.29, 0.717) is 0 Å². The number of nitrogens with zero attached hydrogens (tertiary/aromatic N) is 1. The summed E-state index contributed by atoms with van der Waals surface area (Å²) < 4.78 is 5.39. The van der Waals surface area contributed by atoms with Gasteiger partial charge in [-0.05, 0) is 80.8 Å². The summed E-state index contributed by atoms with van der Waals surface area (Å²) in [6.45, 7) is 3.10. The van der Waals surface area contributed by atoms with Gasteiger partial charge in [-0.15, -0.1) is 0 Å². The maximum atomic E-state index is 12.6. The van der Waals surface area contributed by atoms with Crippen LogP contribution in [0.5, 0.6) is 0 Å². The van der Waals surface area contributed by atoms with Crippen LogP contribution < -0.4 is 5.32 Å². The third kappa shape index (κ3) is 5.13. The highest BCUT2D eigenvalue weighted by Crippen LogP contribution is 2.23. The molecule has 25 heavy (non-hydrogen) atoms. The first-order valence-corrected chi connectivity index (χ1v) is 10.3. The van der Waals surface area contributed by atoms with Gasteiger partial charge in [0.05, 0.1) is 12.2 Å². The number of nitrogens with one attached hydrogen (secondary N) is 1. The van der Waals surface area contributed by atoms with Gasteiger partial charge in [0.1, 0.15) is 5.76 Å². The van der Waals surface area contributed by atoms with Gasteiger partial charge in [0, 0.05) is 17.8 Å². The van der Waals surface area contributed by atoms with E-state index in [1.807, 2.05) is 48.2 Å². The van der Waals surface area contributed by atoms with E-state index < -0.39 is 0 Å². The molecule has 1 fully saturated rings. The molecule has 1 aliphatic rings. The van der Waals surface area contributed by atoms with Crippen LogP contribution in [0.3, 0.4) is 0 Å². The average molecular weight is 359 g/mol. The molecule has 1 atom stereocenters. The van der Waals surface area contributed by atoms with Crippen LogP contribution in [0.4, 0.5) is 5.69 Å². The molecular formula is C20H26N2O2S. The quantitative estimate of drug-likeness (QED) is 0.748. The summed E-state index contributed by atoms with van der Waals surface area (Å²) in [4.78, 5) is 15.0. The van der Waals surface area contributed by atoms with E-state index in [1.165, 1.54) is 12.2 Å². The topological polar surface area (TPSA) is 45.5 Å². The number of furan rings is 1. The number of likely N-dealkylation sites (tertiary alicyclic amines) is 1. The fourth-order valence-corrected chi connectivity index (χ4v) is 3.73. The Kier molecular flexibility index (Phi) is 6.59. The van der Waals surface area contributed by atoms with Gasteiger partial charge >= 0.3 is 0 Å². The number of rotatable bonds is 7. The molecule has 1 aromatic heterocycles. The Bertz CT molecular complexity index is 655. The summed E-state index contributed by atoms with van der Waals surface area (Å²) in [7, 11) is 0. The van der Waals surface area contributed by atoms with Crippen LogP contribution in [-0.4, -0.2) is 42.4 Å². The van der Waals surface area contributed by atoms with Crippen molar-refractivity contribution >= 4 is 23.4 Å². The van der Waals surface area contributed by atoms with Crippen molar-refractivity contribution in [1.29, 1.82) is 0 Å². The highest BCUT2D eigenvalue weighted by atomic mass is 32.2. The number of carbonyl (C=O) groups is 1. The highest BCUT2D eigenvalue weighted by molar-refractivity contribution is 7.98. The molecule has 5 heteroatoms. The zero-order valence-corrected chi connectivity index (χ0v) is 15.6. The maximum absolute atomic E-state index is 12.6. The lowest BCUT2D eigenvalue weighted by molar-refractivity contribution is -0.121.